The molecule has 0 unspecified atom stereocenters. The van der Waals surface area contributed by atoms with Crippen LogP contribution in [0, 0.1) is 6.20 Å². The van der Waals surface area contributed by atoms with Gasteiger partial charge in [0.1, 0.15) is 6.20 Å². The molecule has 0 atom stereocenters. The molecule has 0 fully saturated rings. The number of carbonyl (C=O) groups excluding carboxylic acids is 1. The smallest absolute Gasteiger partial charge is 0.434 e. The molecule has 0 saturated carbocycles. The average molecular weight is 175 g/mol. The number of ether oxygens (including phenoxy) is 1. The van der Waals surface area contributed by atoms with Crippen molar-refractivity contribution in [2.24, 2.45) is 0 Å². The molecule has 65 valence electrons. The van der Waals surface area contributed by atoms with Crippen LogP contribution in [0.3, 0.4) is 0 Å². The quantitative estimate of drug-likeness (QED) is 0.608. The zero-order chi connectivity index (χ0) is 9.26. The zero-order valence-electron chi connectivity index (χ0n) is 7.02. The number of nitrogens with zero attached hydrogens (tertiary/aromatic N) is 2. The molecule has 4 heteroatoms. The van der Waals surface area contributed by atoms with Gasteiger partial charge in [-0.15, -0.1) is 0 Å². The second-order valence-corrected chi connectivity index (χ2v) is 2.51. The first-order valence-corrected chi connectivity index (χ1v) is 3.76. The first kappa shape index (κ1) is 7.79. The van der Waals surface area contributed by atoms with Crippen molar-refractivity contribution in [3.8, 4) is 0 Å². The van der Waals surface area contributed by atoms with Crippen LogP contribution in [-0.4, -0.2) is 23.0 Å². The van der Waals surface area contributed by atoms with E-state index >= 15 is 0 Å². The van der Waals surface area contributed by atoms with E-state index in [4.69, 9.17) is 0 Å². The van der Waals surface area contributed by atoms with Gasteiger partial charge in [0.2, 0.25) is 0 Å². The maximum absolute atomic E-state index is 11.1. The number of hydrogen-bond acceptors (Lipinski definition) is 3. The molecule has 0 spiro atoms. The number of aromatic nitrogens is 2. The summed E-state index contributed by atoms with van der Waals surface area (Å²) >= 11 is 0. The highest BCUT2D eigenvalue weighted by Gasteiger charge is 2.08. The van der Waals surface area contributed by atoms with Crippen molar-refractivity contribution in [2.75, 3.05) is 7.11 Å². The van der Waals surface area contributed by atoms with Crippen LogP contribution >= 0.6 is 0 Å². The standard InChI is InChI=1S/C9H7N2O2/c1-13-9(12)11-8-5-3-2-4-7(8)6-10-11/h2-5H,1H3. The number of benzene rings is 1. The number of para-hydroxylation sites is 1. The predicted octanol–water partition coefficient (Wildman–Crippen LogP) is 1.45. The molecule has 0 aliphatic carbocycles. The molecular weight excluding hydrogens is 168 g/mol. The van der Waals surface area contributed by atoms with E-state index in [-0.39, 0.29) is 0 Å². The van der Waals surface area contributed by atoms with Crippen LogP contribution in [0.4, 0.5) is 4.79 Å². The molecular formula is C9H7N2O2. The highest BCUT2D eigenvalue weighted by Crippen LogP contribution is 2.11. The summed E-state index contributed by atoms with van der Waals surface area (Å²) in [5, 5.41) is 4.58. The Morgan fingerprint density at radius 1 is 1.54 bits per heavy atom. The number of methoxy groups -OCH3 is 1. The Morgan fingerprint density at radius 2 is 2.31 bits per heavy atom. The lowest BCUT2D eigenvalue weighted by molar-refractivity contribution is 0.170. The summed E-state index contributed by atoms with van der Waals surface area (Å²) in [5.41, 5.74) is 0.703. The van der Waals surface area contributed by atoms with Crippen LogP contribution < -0.4 is 0 Å². The van der Waals surface area contributed by atoms with Crippen LogP contribution in [0.15, 0.2) is 24.3 Å². The van der Waals surface area contributed by atoms with Gasteiger partial charge in [-0.1, -0.05) is 18.2 Å². The maximum Gasteiger partial charge on any atom is 0.434 e. The summed E-state index contributed by atoms with van der Waals surface area (Å²) in [4.78, 5) is 11.1. The Hall–Kier alpha value is -1.84. The Bertz CT molecular complexity index is 448. The maximum atomic E-state index is 11.1. The number of rotatable bonds is 0. The monoisotopic (exact) mass is 175 g/mol. The summed E-state index contributed by atoms with van der Waals surface area (Å²) in [5.74, 6) is 0. The molecule has 13 heavy (non-hydrogen) atoms. The molecule has 4 nitrogen and oxygen atoms in total. The van der Waals surface area contributed by atoms with E-state index in [1.165, 1.54) is 11.8 Å². The molecule has 0 aliphatic heterocycles. The van der Waals surface area contributed by atoms with E-state index in [9.17, 15) is 4.79 Å². The SMILES string of the molecule is COC(=O)n1n[c]c2ccccc21. The lowest BCUT2D eigenvalue weighted by atomic mass is 10.3. The third kappa shape index (κ3) is 1.16. The van der Waals surface area contributed by atoms with Crippen molar-refractivity contribution in [1.82, 2.24) is 9.78 Å². The van der Waals surface area contributed by atoms with Gasteiger partial charge in [-0.2, -0.15) is 9.78 Å². The van der Waals surface area contributed by atoms with Gasteiger partial charge in [0.15, 0.2) is 0 Å². The van der Waals surface area contributed by atoms with Gasteiger partial charge in [0.25, 0.3) is 0 Å². The van der Waals surface area contributed by atoms with Crippen LogP contribution in [0.25, 0.3) is 10.9 Å². The van der Waals surface area contributed by atoms with Crippen LogP contribution in [0.2, 0.25) is 0 Å². The highest BCUT2D eigenvalue weighted by atomic mass is 16.5. The summed E-state index contributed by atoms with van der Waals surface area (Å²) in [6, 6.07) is 7.32. The van der Waals surface area contributed by atoms with Crippen molar-refractivity contribution in [1.29, 1.82) is 0 Å². The van der Waals surface area contributed by atoms with Gasteiger partial charge in [-0.3, -0.25) is 0 Å². The Balaban J connectivity index is 2.64. The molecule has 0 saturated heterocycles. The largest absolute Gasteiger partial charge is 0.451 e. The normalized spacial score (nSPS) is 10.2. The van der Waals surface area contributed by atoms with E-state index in [2.05, 4.69) is 16.0 Å². The minimum atomic E-state index is -0.502. The third-order valence-corrected chi connectivity index (χ3v) is 1.75. The predicted molar refractivity (Wildman–Crippen MR) is 46.4 cm³/mol. The first-order chi connectivity index (χ1) is 6.33. The van der Waals surface area contributed by atoms with Gasteiger partial charge >= 0.3 is 6.09 Å². The summed E-state index contributed by atoms with van der Waals surface area (Å²) in [7, 11) is 1.32. The fourth-order valence-electron chi connectivity index (χ4n) is 1.14. The average Bonchev–Trinajstić information content (AvgIpc) is 2.60. The van der Waals surface area contributed by atoms with E-state index < -0.39 is 6.09 Å². The van der Waals surface area contributed by atoms with Crippen molar-refractivity contribution in [3.63, 3.8) is 0 Å². The van der Waals surface area contributed by atoms with Gasteiger partial charge in [0.05, 0.1) is 12.6 Å². The van der Waals surface area contributed by atoms with E-state index in [1.807, 2.05) is 18.2 Å². The molecule has 0 amide bonds. The molecule has 0 N–H and O–H groups in total. The lowest BCUT2D eigenvalue weighted by Gasteiger charge is -1.98. The van der Waals surface area contributed by atoms with Crippen molar-refractivity contribution >= 4 is 17.0 Å². The third-order valence-electron chi connectivity index (χ3n) is 1.75. The summed E-state index contributed by atoms with van der Waals surface area (Å²) < 4.78 is 5.72. The van der Waals surface area contributed by atoms with Gasteiger partial charge in [-0.05, 0) is 6.07 Å². The molecule has 2 rings (SSSR count). The lowest BCUT2D eigenvalue weighted by Crippen LogP contribution is -2.12. The number of carbonyl (C=O) groups is 1. The molecule has 0 bridgehead atoms. The minimum absolute atomic E-state index is 0.502. The fraction of sp³-hybridized carbons (Fsp3) is 0.111. The van der Waals surface area contributed by atoms with Crippen molar-refractivity contribution in [2.45, 2.75) is 0 Å². The Labute approximate surface area is 74.7 Å². The first-order valence-electron chi connectivity index (χ1n) is 3.76. The minimum Gasteiger partial charge on any atom is -0.451 e. The summed E-state index contributed by atoms with van der Waals surface area (Å²) in [6.45, 7) is 0. The summed E-state index contributed by atoms with van der Waals surface area (Å²) in [6.07, 6.45) is 2.21. The van der Waals surface area contributed by atoms with Crippen LogP contribution in [0.1, 0.15) is 0 Å². The second-order valence-electron chi connectivity index (χ2n) is 2.51. The molecule has 1 radical (unpaired) electrons. The Kier molecular flexibility index (Phi) is 1.73. The highest BCUT2D eigenvalue weighted by molar-refractivity contribution is 5.86. The van der Waals surface area contributed by atoms with Gasteiger partial charge in [0, 0.05) is 5.39 Å². The van der Waals surface area contributed by atoms with E-state index in [0.717, 1.165) is 5.39 Å². The fourth-order valence-corrected chi connectivity index (χ4v) is 1.14. The van der Waals surface area contributed by atoms with Crippen molar-refractivity contribution < 1.29 is 9.53 Å². The second kappa shape index (κ2) is 2.90. The van der Waals surface area contributed by atoms with Crippen LogP contribution in [0.5, 0.6) is 0 Å². The molecule has 2 aromatic rings. The molecule has 1 aromatic carbocycles. The zero-order valence-corrected chi connectivity index (χ0v) is 7.02. The molecule has 0 aliphatic rings. The molecule has 1 aromatic heterocycles. The van der Waals surface area contributed by atoms with Gasteiger partial charge in [-0.25, -0.2) is 4.79 Å². The van der Waals surface area contributed by atoms with E-state index in [0.29, 0.717) is 5.52 Å². The Morgan fingerprint density at radius 3 is 3.08 bits per heavy atom. The topological polar surface area (TPSA) is 44.1 Å². The molecule has 1 heterocycles. The number of fused-ring (bicyclic) bond motifs is 1. The van der Waals surface area contributed by atoms with Crippen molar-refractivity contribution in [3.05, 3.63) is 30.5 Å². The van der Waals surface area contributed by atoms with E-state index in [1.54, 1.807) is 6.07 Å². The van der Waals surface area contributed by atoms with Crippen LogP contribution in [-0.2, 0) is 4.74 Å². The van der Waals surface area contributed by atoms with Gasteiger partial charge < -0.3 is 4.74 Å². The number of hydrogen-bond donors (Lipinski definition) is 0.